The van der Waals surface area contributed by atoms with Gasteiger partial charge < -0.3 is 5.11 Å². The fourth-order valence-electron chi connectivity index (χ4n) is 2.97. The van der Waals surface area contributed by atoms with E-state index in [1.807, 2.05) is 0 Å². The molecule has 2 unspecified atom stereocenters. The van der Waals surface area contributed by atoms with Gasteiger partial charge in [0.1, 0.15) is 5.60 Å². The van der Waals surface area contributed by atoms with Crippen molar-refractivity contribution in [3.05, 3.63) is 11.1 Å². The van der Waals surface area contributed by atoms with Gasteiger partial charge in [-0.05, 0) is 38.0 Å². The number of Topliss-reactive ketones (excluding diaryl/α,β-unsaturated/α-hetero) is 2. The minimum atomic E-state index is -1.27. The van der Waals surface area contributed by atoms with Gasteiger partial charge in [-0.3, -0.25) is 9.59 Å². The highest BCUT2D eigenvalue weighted by molar-refractivity contribution is 6.12. The Morgan fingerprint density at radius 1 is 1.29 bits per heavy atom. The Morgan fingerprint density at radius 2 is 1.94 bits per heavy atom. The number of hydrogen-bond donors (Lipinski definition) is 1. The summed E-state index contributed by atoms with van der Waals surface area (Å²) in [7, 11) is 0. The molecule has 2 rings (SSSR count). The molecule has 0 aromatic rings. The molecular formula is C14H20O3. The number of rotatable bonds is 1. The number of ketones is 2. The van der Waals surface area contributed by atoms with Gasteiger partial charge in [-0.1, -0.05) is 13.8 Å². The van der Waals surface area contributed by atoms with Gasteiger partial charge in [-0.15, -0.1) is 0 Å². The second-order valence-electron chi connectivity index (χ2n) is 5.81. The van der Waals surface area contributed by atoms with Crippen LogP contribution in [0.5, 0.6) is 0 Å². The molecule has 94 valence electrons. The van der Waals surface area contributed by atoms with E-state index in [4.69, 9.17) is 0 Å². The van der Waals surface area contributed by atoms with Crippen LogP contribution >= 0.6 is 0 Å². The molecule has 2 atom stereocenters. The summed E-state index contributed by atoms with van der Waals surface area (Å²) in [6, 6.07) is 0. The minimum absolute atomic E-state index is 0.112. The lowest BCUT2D eigenvalue weighted by Gasteiger charge is -2.37. The van der Waals surface area contributed by atoms with Crippen LogP contribution in [0.3, 0.4) is 0 Å². The molecule has 0 fully saturated rings. The summed E-state index contributed by atoms with van der Waals surface area (Å²) < 4.78 is 0. The summed E-state index contributed by atoms with van der Waals surface area (Å²) in [4.78, 5) is 24.1. The van der Waals surface area contributed by atoms with E-state index in [1.165, 1.54) is 0 Å². The standard InChI is InChI=1S/C14H20O3/c1-8(2)9-4-5-11(15)10-6-7-14(3,17)13(16)12(9)10/h8-9,17H,4-7H2,1-3H3. The maximum Gasteiger partial charge on any atom is 0.190 e. The summed E-state index contributed by atoms with van der Waals surface area (Å²) in [5.41, 5.74) is 0.0582. The van der Waals surface area contributed by atoms with E-state index >= 15 is 0 Å². The molecular weight excluding hydrogens is 216 g/mol. The molecule has 3 heteroatoms. The topological polar surface area (TPSA) is 54.4 Å². The second kappa shape index (κ2) is 4.05. The highest BCUT2D eigenvalue weighted by Crippen LogP contribution is 2.41. The molecule has 0 bridgehead atoms. The number of carbonyl (C=O) groups is 2. The Labute approximate surface area is 102 Å². The first kappa shape index (κ1) is 12.5. The van der Waals surface area contributed by atoms with Crippen molar-refractivity contribution in [2.45, 2.75) is 52.1 Å². The highest BCUT2D eigenvalue weighted by atomic mass is 16.3. The predicted octanol–water partition coefficient (Wildman–Crippen LogP) is 2.03. The van der Waals surface area contributed by atoms with Crippen LogP contribution in [0.4, 0.5) is 0 Å². The Hall–Kier alpha value is -0.960. The summed E-state index contributed by atoms with van der Waals surface area (Å²) in [5, 5.41) is 10.1. The lowest BCUT2D eigenvalue weighted by molar-refractivity contribution is -0.135. The van der Waals surface area contributed by atoms with Gasteiger partial charge in [0.2, 0.25) is 0 Å². The third-order valence-electron chi connectivity index (χ3n) is 4.12. The van der Waals surface area contributed by atoms with Gasteiger partial charge in [0.05, 0.1) is 0 Å². The third-order valence-corrected chi connectivity index (χ3v) is 4.12. The Kier molecular flexibility index (Phi) is 2.98. The zero-order chi connectivity index (χ0) is 12.8. The average molecular weight is 236 g/mol. The van der Waals surface area contributed by atoms with Gasteiger partial charge >= 0.3 is 0 Å². The zero-order valence-electron chi connectivity index (χ0n) is 10.7. The van der Waals surface area contributed by atoms with Gasteiger partial charge in [0.15, 0.2) is 11.6 Å². The number of allylic oxidation sites excluding steroid dienone is 1. The molecule has 0 radical (unpaired) electrons. The van der Waals surface area contributed by atoms with Crippen LogP contribution in [0.15, 0.2) is 11.1 Å². The molecule has 0 aliphatic heterocycles. The zero-order valence-corrected chi connectivity index (χ0v) is 10.7. The van der Waals surface area contributed by atoms with Crippen LogP contribution in [0.2, 0.25) is 0 Å². The monoisotopic (exact) mass is 236 g/mol. The van der Waals surface area contributed by atoms with Crippen molar-refractivity contribution < 1.29 is 14.7 Å². The van der Waals surface area contributed by atoms with Crippen molar-refractivity contribution in [1.29, 1.82) is 0 Å². The van der Waals surface area contributed by atoms with Crippen LogP contribution < -0.4 is 0 Å². The first-order chi connectivity index (χ1) is 7.84. The Morgan fingerprint density at radius 3 is 2.53 bits per heavy atom. The molecule has 0 aromatic heterocycles. The maximum absolute atomic E-state index is 12.3. The van der Waals surface area contributed by atoms with Crippen LogP contribution in [-0.4, -0.2) is 22.3 Å². The summed E-state index contributed by atoms with van der Waals surface area (Å²) in [6.45, 7) is 5.71. The van der Waals surface area contributed by atoms with E-state index in [-0.39, 0.29) is 17.5 Å². The molecule has 0 spiro atoms. The second-order valence-corrected chi connectivity index (χ2v) is 5.81. The summed E-state index contributed by atoms with van der Waals surface area (Å²) >= 11 is 0. The van der Waals surface area contributed by atoms with E-state index < -0.39 is 5.60 Å². The molecule has 0 aromatic carbocycles. The van der Waals surface area contributed by atoms with Crippen molar-refractivity contribution >= 4 is 11.6 Å². The Bertz CT molecular complexity index is 402. The first-order valence-electron chi connectivity index (χ1n) is 6.38. The summed E-state index contributed by atoms with van der Waals surface area (Å²) in [6.07, 6.45) is 2.23. The number of hydrogen-bond acceptors (Lipinski definition) is 3. The van der Waals surface area contributed by atoms with Crippen molar-refractivity contribution in [1.82, 2.24) is 0 Å². The molecule has 3 nitrogen and oxygen atoms in total. The van der Waals surface area contributed by atoms with Crippen molar-refractivity contribution in [3.8, 4) is 0 Å². The fourth-order valence-corrected chi connectivity index (χ4v) is 2.97. The van der Waals surface area contributed by atoms with E-state index in [0.717, 1.165) is 6.42 Å². The van der Waals surface area contributed by atoms with Gasteiger partial charge in [-0.25, -0.2) is 0 Å². The fraction of sp³-hybridized carbons (Fsp3) is 0.714. The van der Waals surface area contributed by atoms with E-state index in [2.05, 4.69) is 13.8 Å². The molecule has 17 heavy (non-hydrogen) atoms. The van der Waals surface area contributed by atoms with Gasteiger partial charge in [0, 0.05) is 17.6 Å². The average Bonchev–Trinajstić information content (AvgIpc) is 2.24. The Balaban J connectivity index is 2.49. The molecule has 0 amide bonds. The molecule has 2 aliphatic carbocycles. The maximum atomic E-state index is 12.3. The molecule has 1 N–H and O–H groups in total. The minimum Gasteiger partial charge on any atom is -0.382 e. The quantitative estimate of drug-likeness (QED) is 0.758. The van der Waals surface area contributed by atoms with Crippen LogP contribution in [-0.2, 0) is 9.59 Å². The molecule has 0 heterocycles. The van der Waals surface area contributed by atoms with E-state index in [1.54, 1.807) is 6.92 Å². The van der Waals surface area contributed by atoms with Crippen molar-refractivity contribution in [2.75, 3.05) is 0 Å². The van der Waals surface area contributed by atoms with E-state index in [0.29, 0.717) is 36.3 Å². The number of aliphatic hydroxyl groups is 1. The van der Waals surface area contributed by atoms with Crippen molar-refractivity contribution in [2.24, 2.45) is 11.8 Å². The smallest absolute Gasteiger partial charge is 0.190 e. The van der Waals surface area contributed by atoms with E-state index in [9.17, 15) is 14.7 Å². The van der Waals surface area contributed by atoms with Crippen LogP contribution in [0, 0.1) is 11.8 Å². The summed E-state index contributed by atoms with van der Waals surface area (Å²) in [5.74, 6) is 0.374. The normalized spacial score (nSPS) is 34.3. The van der Waals surface area contributed by atoms with Crippen molar-refractivity contribution in [3.63, 3.8) is 0 Å². The molecule has 2 aliphatic rings. The predicted molar refractivity (Wildman–Crippen MR) is 64.5 cm³/mol. The third kappa shape index (κ3) is 1.97. The molecule has 0 saturated carbocycles. The van der Waals surface area contributed by atoms with Gasteiger partial charge in [-0.2, -0.15) is 0 Å². The van der Waals surface area contributed by atoms with Crippen LogP contribution in [0.25, 0.3) is 0 Å². The number of carbonyl (C=O) groups excluding carboxylic acids is 2. The van der Waals surface area contributed by atoms with Gasteiger partial charge in [0.25, 0.3) is 0 Å². The lowest BCUT2D eigenvalue weighted by Crippen LogP contribution is -2.44. The lowest BCUT2D eigenvalue weighted by atomic mass is 9.67. The molecule has 0 saturated heterocycles. The SMILES string of the molecule is CC(C)C1CCC(=O)C2=C1C(=O)C(C)(O)CC2. The van der Waals surface area contributed by atoms with Crippen LogP contribution in [0.1, 0.15) is 46.5 Å². The highest BCUT2D eigenvalue weighted by Gasteiger charge is 2.44. The first-order valence-corrected chi connectivity index (χ1v) is 6.38. The largest absolute Gasteiger partial charge is 0.382 e.